The van der Waals surface area contributed by atoms with Crippen molar-refractivity contribution in [2.45, 2.75) is 37.6 Å². The number of nitrogens with one attached hydrogen (secondary N) is 2. The lowest BCUT2D eigenvalue weighted by Gasteiger charge is -2.28. The van der Waals surface area contributed by atoms with E-state index in [1.807, 2.05) is 37.2 Å². The highest BCUT2D eigenvalue weighted by Gasteiger charge is 2.58. The number of hydrogen-bond acceptors (Lipinski definition) is 4. The highest BCUT2D eigenvalue weighted by molar-refractivity contribution is 5.97. The van der Waals surface area contributed by atoms with Crippen LogP contribution in [0.15, 0.2) is 24.3 Å². The van der Waals surface area contributed by atoms with E-state index in [0.717, 1.165) is 38.6 Å². The van der Waals surface area contributed by atoms with Gasteiger partial charge in [-0.25, -0.2) is 0 Å². The molecular formula is C20H29N3O3. The van der Waals surface area contributed by atoms with Crippen molar-refractivity contribution in [3.63, 3.8) is 0 Å². The Balaban J connectivity index is 1.69. The molecule has 0 spiro atoms. The van der Waals surface area contributed by atoms with Crippen LogP contribution in [-0.2, 0) is 4.79 Å². The molecule has 142 valence electrons. The van der Waals surface area contributed by atoms with Crippen molar-refractivity contribution in [2.24, 2.45) is 5.41 Å². The van der Waals surface area contributed by atoms with Crippen molar-refractivity contribution in [1.82, 2.24) is 15.5 Å². The van der Waals surface area contributed by atoms with Gasteiger partial charge in [0.1, 0.15) is 12.4 Å². The van der Waals surface area contributed by atoms with E-state index in [1.54, 1.807) is 13.1 Å². The second kappa shape index (κ2) is 7.27. The Kier molecular flexibility index (Phi) is 5.23. The minimum Gasteiger partial charge on any atom is -0.491 e. The zero-order chi connectivity index (χ0) is 18.8. The Hall–Kier alpha value is -2.08. The van der Waals surface area contributed by atoms with Crippen LogP contribution < -0.4 is 15.4 Å². The summed E-state index contributed by atoms with van der Waals surface area (Å²) in [6.07, 6.45) is 4.13. The number of rotatable bonds is 7. The van der Waals surface area contributed by atoms with E-state index >= 15 is 0 Å². The van der Waals surface area contributed by atoms with Gasteiger partial charge < -0.3 is 20.3 Å². The molecule has 2 bridgehead atoms. The molecule has 2 amide bonds. The number of fused-ring (bicyclic) bond motifs is 2. The molecule has 6 nitrogen and oxygen atoms in total. The molecule has 0 aromatic heterocycles. The van der Waals surface area contributed by atoms with Gasteiger partial charge in [-0.3, -0.25) is 9.59 Å². The maximum atomic E-state index is 12.9. The lowest BCUT2D eigenvalue weighted by Crippen LogP contribution is -2.45. The van der Waals surface area contributed by atoms with Crippen molar-refractivity contribution in [1.29, 1.82) is 0 Å². The third kappa shape index (κ3) is 3.56. The molecular weight excluding hydrogens is 330 g/mol. The first-order chi connectivity index (χ1) is 12.4. The summed E-state index contributed by atoms with van der Waals surface area (Å²) in [4.78, 5) is 27.3. The number of nitrogens with zero attached hydrogens (tertiary/aromatic N) is 1. The molecule has 0 saturated heterocycles. The molecule has 2 fully saturated rings. The lowest BCUT2D eigenvalue weighted by atomic mass is 9.83. The number of benzene rings is 1. The normalized spacial score (nSPS) is 26.8. The van der Waals surface area contributed by atoms with Gasteiger partial charge in [-0.2, -0.15) is 0 Å². The summed E-state index contributed by atoms with van der Waals surface area (Å²) in [6.45, 7) is 1.32. The van der Waals surface area contributed by atoms with Crippen LogP contribution >= 0.6 is 0 Å². The summed E-state index contributed by atoms with van der Waals surface area (Å²) in [6, 6.07) is 7.36. The predicted octanol–water partition coefficient (Wildman–Crippen LogP) is 1.81. The Bertz CT molecular complexity index is 679. The zero-order valence-electron chi connectivity index (χ0n) is 15.9. The Morgan fingerprint density at radius 1 is 1.15 bits per heavy atom. The highest BCUT2D eigenvalue weighted by Crippen LogP contribution is 2.56. The minimum atomic E-state index is -0.302. The van der Waals surface area contributed by atoms with E-state index in [9.17, 15) is 9.59 Å². The molecule has 0 atom stereocenters. The van der Waals surface area contributed by atoms with Crippen LogP contribution in [0, 0.1) is 5.41 Å². The first-order valence-electron chi connectivity index (χ1n) is 9.31. The topological polar surface area (TPSA) is 70.7 Å². The number of carbonyl (C=O) groups is 2. The molecule has 3 rings (SSSR count). The lowest BCUT2D eigenvalue weighted by molar-refractivity contribution is -0.130. The monoisotopic (exact) mass is 359 g/mol. The smallest absolute Gasteiger partial charge is 0.255 e. The van der Waals surface area contributed by atoms with Gasteiger partial charge in [0, 0.05) is 19.1 Å². The molecule has 0 unspecified atom stereocenters. The van der Waals surface area contributed by atoms with E-state index in [1.165, 1.54) is 0 Å². The van der Waals surface area contributed by atoms with Gasteiger partial charge in [0.25, 0.3) is 5.91 Å². The maximum absolute atomic E-state index is 12.9. The van der Waals surface area contributed by atoms with Crippen LogP contribution in [0.2, 0.25) is 0 Å². The van der Waals surface area contributed by atoms with Crippen LogP contribution in [0.4, 0.5) is 0 Å². The van der Waals surface area contributed by atoms with Crippen LogP contribution in [0.3, 0.4) is 0 Å². The highest BCUT2D eigenvalue weighted by atomic mass is 16.5. The summed E-state index contributed by atoms with van der Waals surface area (Å²) in [5.41, 5.74) is -0.00522. The molecule has 0 heterocycles. The largest absolute Gasteiger partial charge is 0.491 e. The molecule has 0 aliphatic heterocycles. The number of amides is 2. The fourth-order valence-corrected chi connectivity index (χ4v) is 4.38. The summed E-state index contributed by atoms with van der Waals surface area (Å²) in [5, 5.41) is 6.03. The molecule has 2 aliphatic carbocycles. The van der Waals surface area contributed by atoms with E-state index in [4.69, 9.17) is 4.74 Å². The van der Waals surface area contributed by atoms with Gasteiger partial charge in [-0.1, -0.05) is 12.1 Å². The van der Waals surface area contributed by atoms with Gasteiger partial charge >= 0.3 is 0 Å². The number of carbonyl (C=O) groups excluding carboxylic acids is 2. The van der Waals surface area contributed by atoms with E-state index < -0.39 is 0 Å². The second-order valence-corrected chi connectivity index (χ2v) is 7.92. The van der Waals surface area contributed by atoms with Crippen molar-refractivity contribution >= 4 is 11.8 Å². The number of likely N-dealkylation sites (N-methyl/N-ethyl adjacent to an activating group) is 1. The fraction of sp³-hybridized carbons (Fsp3) is 0.600. The second-order valence-electron chi connectivity index (χ2n) is 7.92. The van der Waals surface area contributed by atoms with Crippen LogP contribution in [0.25, 0.3) is 0 Å². The SMILES string of the molecule is CNC(=O)C12CCC(NC(=O)c3ccccc3OCCN(C)C)(CC1)C2. The molecule has 6 heteroatoms. The van der Waals surface area contributed by atoms with Crippen LogP contribution in [-0.4, -0.2) is 56.5 Å². The van der Waals surface area contributed by atoms with Gasteiger partial charge in [0.2, 0.25) is 5.91 Å². The van der Waals surface area contributed by atoms with Gasteiger partial charge in [0.05, 0.1) is 11.0 Å². The average Bonchev–Trinajstić information content (AvgIpc) is 3.18. The van der Waals surface area contributed by atoms with Crippen molar-refractivity contribution in [3.05, 3.63) is 29.8 Å². The predicted molar refractivity (Wildman–Crippen MR) is 100 cm³/mol. The molecule has 26 heavy (non-hydrogen) atoms. The fourth-order valence-electron chi connectivity index (χ4n) is 4.38. The van der Waals surface area contributed by atoms with E-state index in [0.29, 0.717) is 17.9 Å². The number of para-hydroxylation sites is 1. The number of hydrogen-bond donors (Lipinski definition) is 2. The minimum absolute atomic E-state index is 0.110. The third-order valence-corrected chi connectivity index (χ3v) is 5.86. The summed E-state index contributed by atoms with van der Waals surface area (Å²) in [7, 11) is 5.66. The summed E-state index contributed by atoms with van der Waals surface area (Å²) < 4.78 is 5.82. The Labute approximate surface area is 155 Å². The molecule has 1 aromatic carbocycles. The quantitative estimate of drug-likeness (QED) is 0.779. The molecule has 0 radical (unpaired) electrons. The number of ether oxygens (including phenoxy) is 1. The molecule has 2 N–H and O–H groups in total. The van der Waals surface area contributed by atoms with E-state index in [2.05, 4.69) is 10.6 Å². The maximum Gasteiger partial charge on any atom is 0.255 e. The van der Waals surface area contributed by atoms with Crippen molar-refractivity contribution in [3.8, 4) is 5.75 Å². The van der Waals surface area contributed by atoms with Gasteiger partial charge in [-0.15, -0.1) is 0 Å². The van der Waals surface area contributed by atoms with E-state index in [-0.39, 0.29) is 22.8 Å². The Morgan fingerprint density at radius 3 is 2.50 bits per heavy atom. The van der Waals surface area contributed by atoms with Crippen LogP contribution in [0.1, 0.15) is 42.5 Å². The molecule has 2 saturated carbocycles. The molecule has 2 aliphatic rings. The van der Waals surface area contributed by atoms with Crippen molar-refractivity contribution in [2.75, 3.05) is 34.3 Å². The Morgan fingerprint density at radius 2 is 1.85 bits per heavy atom. The van der Waals surface area contributed by atoms with Gasteiger partial charge in [-0.05, 0) is 58.3 Å². The zero-order valence-corrected chi connectivity index (χ0v) is 15.9. The summed E-state index contributed by atoms with van der Waals surface area (Å²) >= 11 is 0. The third-order valence-electron chi connectivity index (χ3n) is 5.86. The van der Waals surface area contributed by atoms with Crippen molar-refractivity contribution < 1.29 is 14.3 Å². The average molecular weight is 359 g/mol. The van der Waals surface area contributed by atoms with Crippen LogP contribution in [0.5, 0.6) is 5.75 Å². The standard InChI is InChI=1S/C20H29N3O3/c1-21-18(25)19-8-10-20(14-19,11-9-19)22-17(24)15-6-4-5-7-16(15)26-13-12-23(2)3/h4-7H,8-14H2,1-3H3,(H,21,25)(H,22,24). The van der Waals surface area contributed by atoms with Gasteiger partial charge in [0.15, 0.2) is 0 Å². The first-order valence-corrected chi connectivity index (χ1v) is 9.31. The summed E-state index contributed by atoms with van der Waals surface area (Å²) in [5.74, 6) is 0.607. The molecule has 1 aromatic rings. The first kappa shape index (κ1) is 18.7.